The van der Waals surface area contributed by atoms with Crippen molar-refractivity contribution in [3.8, 4) is 0 Å². The molecule has 0 radical (unpaired) electrons. The average molecular weight is 285 g/mol. The van der Waals surface area contributed by atoms with Crippen molar-refractivity contribution in [3.05, 3.63) is 35.4 Å². The van der Waals surface area contributed by atoms with Crippen LogP contribution in [0.3, 0.4) is 0 Å². The number of benzene rings is 1. The third kappa shape index (κ3) is 4.49. The van der Waals surface area contributed by atoms with E-state index in [1.807, 2.05) is 19.2 Å². The average Bonchev–Trinajstić information content (AvgIpc) is 2.39. The van der Waals surface area contributed by atoms with Gasteiger partial charge in [-0.2, -0.15) is 0 Å². The second-order valence-corrected chi connectivity index (χ2v) is 4.47. The lowest BCUT2D eigenvalue weighted by atomic mass is 9.96. The molecule has 1 amide bonds. The van der Waals surface area contributed by atoms with Gasteiger partial charge in [0.15, 0.2) is 0 Å². The van der Waals surface area contributed by atoms with E-state index in [1.165, 1.54) is 5.56 Å². The molecule has 1 aromatic carbocycles. The Bertz CT molecular complexity index is 412. The van der Waals surface area contributed by atoms with Crippen LogP contribution in [0.15, 0.2) is 24.3 Å². The Labute approximate surface area is 120 Å². The SMILES string of the molecule is CNCCNC(=O)CC1OCCc2ccccc21.Cl. The first-order valence-corrected chi connectivity index (χ1v) is 6.42. The summed E-state index contributed by atoms with van der Waals surface area (Å²) in [6.45, 7) is 2.14. The van der Waals surface area contributed by atoms with Gasteiger partial charge in [0.25, 0.3) is 0 Å². The zero-order valence-corrected chi connectivity index (χ0v) is 12.0. The molecule has 0 saturated heterocycles. The largest absolute Gasteiger partial charge is 0.373 e. The molecule has 1 unspecified atom stereocenters. The van der Waals surface area contributed by atoms with Gasteiger partial charge in [-0.1, -0.05) is 24.3 Å². The molecule has 19 heavy (non-hydrogen) atoms. The Morgan fingerprint density at radius 1 is 1.37 bits per heavy atom. The Hall–Kier alpha value is -1.10. The normalized spacial score (nSPS) is 17.2. The van der Waals surface area contributed by atoms with E-state index < -0.39 is 0 Å². The van der Waals surface area contributed by atoms with Crippen molar-refractivity contribution in [2.45, 2.75) is 18.9 Å². The molecule has 2 rings (SSSR count). The van der Waals surface area contributed by atoms with E-state index in [-0.39, 0.29) is 24.4 Å². The van der Waals surface area contributed by atoms with Crippen molar-refractivity contribution in [1.82, 2.24) is 10.6 Å². The highest BCUT2D eigenvalue weighted by molar-refractivity contribution is 5.85. The highest BCUT2D eigenvalue weighted by atomic mass is 35.5. The minimum absolute atomic E-state index is 0. The predicted octanol–water partition coefficient (Wildman–Crippen LogP) is 1.45. The van der Waals surface area contributed by atoms with Crippen LogP contribution >= 0.6 is 12.4 Å². The number of nitrogens with one attached hydrogen (secondary N) is 2. The van der Waals surface area contributed by atoms with Crippen molar-refractivity contribution in [1.29, 1.82) is 0 Å². The van der Waals surface area contributed by atoms with Gasteiger partial charge in [-0.05, 0) is 24.6 Å². The predicted molar refractivity (Wildman–Crippen MR) is 77.6 cm³/mol. The van der Waals surface area contributed by atoms with Gasteiger partial charge in [-0.3, -0.25) is 4.79 Å². The van der Waals surface area contributed by atoms with Crippen LogP contribution in [0.5, 0.6) is 0 Å². The van der Waals surface area contributed by atoms with Gasteiger partial charge in [0, 0.05) is 13.1 Å². The summed E-state index contributed by atoms with van der Waals surface area (Å²) in [5.74, 6) is 0.0481. The molecular weight excluding hydrogens is 264 g/mol. The van der Waals surface area contributed by atoms with E-state index in [4.69, 9.17) is 4.74 Å². The van der Waals surface area contributed by atoms with Crippen molar-refractivity contribution in [2.24, 2.45) is 0 Å². The fraction of sp³-hybridized carbons (Fsp3) is 0.500. The second-order valence-electron chi connectivity index (χ2n) is 4.47. The summed E-state index contributed by atoms with van der Waals surface area (Å²) in [5.41, 5.74) is 2.46. The van der Waals surface area contributed by atoms with Crippen molar-refractivity contribution in [2.75, 3.05) is 26.7 Å². The topological polar surface area (TPSA) is 50.4 Å². The van der Waals surface area contributed by atoms with Gasteiger partial charge < -0.3 is 15.4 Å². The number of hydrogen-bond acceptors (Lipinski definition) is 3. The van der Waals surface area contributed by atoms with Gasteiger partial charge in [-0.25, -0.2) is 0 Å². The van der Waals surface area contributed by atoms with Gasteiger partial charge in [0.2, 0.25) is 5.91 Å². The van der Waals surface area contributed by atoms with E-state index in [0.717, 1.165) is 18.5 Å². The lowest BCUT2D eigenvalue weighted by molar-refractivity contribution is -0.124. The second kappa shape index (κ2) is 8.15. The number of ether oxygens (including phenoxy) is 1. The van der Waals surface area contributed by atoms with Crippen LogP contribution in [-0.4, -0.2) is 32.7 Å². The number of likely N-dealkylation sites (N-methyl/N-ethyl adjacent to an activating group) is 1. The van der Waals surface area contributed by atoms with Crippen LogP contribution in [0.1, 0.15) is 23.7 Å². The first-order chi connectivity index (χ1) is 8.81. The van der Waals surface area contributed by atoms with Crippen LogP contribution in [0, 0.1) is 0 Å². The third-order valence-corrected chi connectivity index (χ3v) is 3.16. The van der Waals surface area contributed by atoms with Gasteiger partial charge >= 0.3 is 0 Å². The van der Waals surface area contributed by atoms with E-state index in [0.29, 0.717) is 19.6 Å². The van der Waals surface area contributed by atoms with Gasteiger partial charge in [0.1, 0.15) is 0 Å². The zero-order chi connectivity index (χ0) is 12.8. The van der Waals surface area contributed by atoms with E-state index in [1.54, 1.807) is 0 Å². The molecule has 1 atom stereocenters. The molecule has 0 aromatic heterocycles. The number of carbonyl (C=O) groups is 1. The smallest absolute Gasteiger partial charge is 0.223 e. The Balaban J connectivity index is 0.00000180. The minimum atomic E-state index is -0.0930. The molecule has 0 fully saturated rings. The summed E-state index contributed by atoms with van der Waals surface area (Å²) in [7, 11) is 1.87. The maximum absolute atomic E-state index is 11.8. The number of halogens is 1. The molecule has 0 saturated carbocycles. The van der Waals surface area contributed by atoms with Crippen LogP contribution in [-0.2, 0) is 16.0 Å². The molecule has 1 aromatic rings. The first-order valence-electron chi connectivity index (χ1n) is 6.42. The molecule has 0 bridgehead atoms. The van der Waals surface area contributed by atoms with Gasteiger partial charge in [-0.15, -0.1) is 12.4 Å². The van der Waals surface area contributed by atoms with Crippen molar-refractivity contribution < 1.29 is 9.53 Å². The molecule has 0 aliphatic carbocycles. The van der Waals surface area contributed by atoms with Crippen LogP contribution in [0.4, 0.5) is 0 Å². The first kappa shape index (κ1) is 16.0. The summed E-state index contributed by atoms with van der Waals surface area (Å²) in [4.78, 5) is 11.8. The maximum Gasteiger partial charge on any atom is 0.223 e. The van der Waals surface area contributed by atoms with E-state index in [9.17, 15) is 4.79 Å². The molecular formula is C14H21ClN2O2. The Morgan fingerprint density at radius 2 is 2.16 bits per heavy atom. The number of fused-ring (bicyclic) bond motifs is 1. The number of carbonyl (C=O) groups excluding carboxylic acids is 1. The lowest BCUT2D eigenvalue weighted by Gasteiger charge is -2.25. The summed E-state index contributed by atoms with van der Waals surface area (Å²) >= 11 is 0. The molecule has 1 heterocycles. The fourth-order valence-electron chi connectivity index (χ4n) is 2.21. The quantitative estimate of drug-likeness (QED) is 0.805. The molecule has 4 nitrogen and oxygen atoms in total. The van der Waals surface area contributed by atoms with Crippen LogP contribution < -0.4 is 10.6 Å². The highest BCUT2D eigenvalue weighted by Crippen LogP contribution is 2.29. The summed E-state index contributed by atoms with van der Waals surface area (Å²) in [6, 6.07) is 8.21. The summed E-state index contributed by atoms with van der Waals surface area (Å²) < 4.78 is 5.70. The van der Waals surface area contributed by atoms with E-state index >= 15 is 0 Å². The lowest BCUT2D eigenvalue weighted by Crippen LogP contribution is -2.32. The minimum Gasteiger partial charge on any atom is -0.373 e. The zero-order valence-electron chi connectivity index (χ0n) is 11.1. The van der Waals surface area contributed by atoms with Crippen LogP contribution in [0.25, 0.3) is 0 Å². The molecule has 106 valence electrons. The highest BCUT2D eigenvalue weighted by Gasteiger charge is 2.22. The van der Waals surface area contributed by atoms with Crippen molar-refractivity contribution >= 4 is 18.3 Å². The fourth-order valence-corrected chi connectivity index (χ4v) is 2.21. The number of amides is 1. The third-order valence-electron chi connectivity index (χ3n) is 3.16. The van der Waals surface area contributed by atoms with Crippen molar-refractivity contribution in [3.63, 3.8) is 0 Å². The number of hydrogen-bond donors (Lipinski definition) is 2. The summed E-state index contributed by atoms with van der Waals surface area (Å²) in [6.07, 6.45) is 1.25. The molecule has 2 N–H and O–H groups in total. The van der Waals surface area contributed by atoms with E-state index in [2.05, 4.69) is 22.8 Å². The summed E-state index contributed by atoms with van der Waals surface area (Å²) in [5, 5.41) is 5.88. The van der Waals surface area contributed by atoms with Crippen LogP contribution in [0.2, 0.25) is 0 Å². The Kier molecular flexibility index (Phi) is 6.84. The standard InChI is InChI=1S/C14H20N2O2.ClH/c1-15-7-8-16-14(17)10-13-12-5-3-2-4-11(12)6-9-18-13;/h2-5,13,15H,6-10H2,1H3,(H,16,17);1H. The number of rotatable bonds is 5. The monoisotopic (exact) mass is 284 g/mol. The molecule has 5 heteroatoms. The Morgan fingerprint density at radius 3 is 2.95 bits per heavy atom. The van der Waals surface area contributed by atoms with Gasteiger partial charge in [0.05, 0.1) is 19.1 Å². The maximum atomic E-state index is 11.8. The molecule has 0 spiro atoms. The molecule has 1 aliphatic rings. The molecule has 1 aliphatic heterocycles.